The van der Waals surface area contributed by atoms with Gasteiger partial charge in [0.05, 0.1) is 77.2 Å². The molecule has 1 unspecified atom stereocenters. The van der Waals surface area contributed by atoms with Crippen molar-refractivity contribution in [3.8, 4) is 0 Å². The van der Waals surface area contributed by atoms with E-state index < -0.39 is 35.6 Å². The molecule has 2 aliphatic rings. The molecule has 1 aromatic carbocycles. The van der Waals surface area contributed by atoms with Gasteiger partial charge in [0, 0.05) is 25.1 Å². The smallest absolute Gasteiger partial charge is 0.264 e. The summed E-state index contributed by atoms with van der Waals surface area (Å²) in [6.45, 7) is 4.25. The first-order valence-electron chi connectivity index (χ1n) is 13.2. The van der Waals surface area contributed by atoms with E-state index in [1.165, 1.54) is 0 Å². The van der Waals surface area contributed by atoms with Crippen molar-refractivity contribution in [2.24, 2.45) is 5.73 Å². The molecule has 0 spiro atoms. The van der Waals surface area contributed by atoms with Gasteiger partial charge < -0.3 is 34.7 Å². The lowest BCUT2D eigenvalue weighted by Crippen LogP contribution is -2.54. The van der Waals surface area contributed by atoms with Crippen LogP contribution in [0, 0.1) is 0 Å². The van der Waals surface area contributed by atoms with E-state index in [0.717, 1.165) is 4.90 Å². The molecule has 4 N–H and O–H groups in total. The number of primary amides is 1. The SMILES string of the molecule is NC(=O)CCOCCOCCOCCOCCOCCNc1cccc2c1C(=O)N(C1CCC(=O)NC1=O)C2=O. The molecule has 1 atom stereocenters. The number of ether oxygens (including phenoxy) is 5. The molecule has 0 aliphatic carbocycles. The van der Waals surface area contributed by atoms with Crippen molar-refractivity contribution in [1.82, 2.24) is 10.2 Å². The highest BCUT2D eigenvalue weighted by Gasteiger charge is 2.45. The largest absolute Gasteiger partial charge is 0.382 e. The molecule has 40 heavy (non-hydrogen) atoms. The van der Waals surface area contributed by atoms with Crippen LogP contribution in [-0.2, 0) is 38.1 Å². The molecule has 0 radical (unpaired) electrons. The number of amides is 5. The predicted molar refractivity (Wildman–Crippen MR) is 140 cm³/mol. The molecular weight excluding hydrogens is 528 g/mol. The van der Waals surface area contributed by atoms with Crippen molar-refractivity contribution >= 4 is 35.2 Å². The van der Waals surface area contributed by atoms with Gasteiger partial charge in [-0.1, -0.05) is 6.07 Å². The average molecular weight is 565 g/mol. The summed E-state index contributed by atoms with van der Waals surface area (Å²) >= 11 is 0. The van der Waals surface area contributed by atoms with Crippen LogP contribution in [0.15, 0.2) is 18.2 Å². The fourth-order valence-corrected chi connectivity index (χ4v) is 4.07. The average Bonchev–Trinajstić information content (AvgIpc) is 3.18. The zero-order chi connectivity index (χ0) is 28.7. The summed E-state index contributed by atoms with van der Waals surface area (Å²) in [6, 6.07) is 3.88. The molecule has 1 aromatic rings. The van der Waals surface area contributed by atoms with Gasteiger partial charge in [-0.15, -0.1) is 0 Å². The molecule has 1 saturated heterocycles. The van der Waals surface area contributed by atoms with Crippen LogP contribution in [0.3, 0.4) is 0 Å². The maximum Gasteiger partial charge on any atom is 0.264 e. The monoisotopic (exact) mass is 564 g/mol. The summed E-state index contributed by atoms with van der Waals surface area (Å²) in [4.78, 5) is 61.1. The number of piperidine rings is 1. The van der Waals surface area contributed by atoms with Crippen molar-refractivity contribution in [1.29, 1.82) is 0 Å². The van der Waals surface area contributed by atoms with Gasteiger partial charge in [0.2, 0.25) is 17.7 Å². The third-order valence-corrected chi connectivity index (χ3v) is 6.01. The summed E-state index contributed by atoms with van der Waals surface area (Å²) < 4.78 is 26.9. The molecule has 0 aromatic heterocycles. The first-order chi connectivity index (χ1) is 19.4. The zero-order valence-corrected chi connectivity index (χ0v) is 22.3. The maximum absolute atomic E-state index is 13.1. The highest BCUT2D eigenvalue weighted by atomic mass is 16.6. The molecule has 0 saturated carbocycles. The van der Waals surface area contributed by atoms with Crippen molar-refractivity contribution in [2.75, 3.05) is 77.9 Å². The van der Waals surface area contributed by atoms with Crippen LogP contribution >= 0.6 is 0 Å². The number of anilines is 1. The molecule has 3 rings (SSSR count). The van der Waals surface area contributed by atoms with E-state index in [4.69, 9.17) is 29.4 Å². The van der Waals surface area contributed by atoms with Crippen molar-refractivity contribution in [3.63, 3.8) is 0 Å². The number of nitrogens with two attached hydrogens (primary N) is 1. The Morgan fingerprint density at radius 3 is 2.00 bits per heavy atom. The number of hydrogen-bond acceptors (Lipinski definition) is 11. The van der Waals surface area contributed by atoms with Crippen LogP contribution in [-0.4, -0.2) is 113 Å². The number of carbonyl (C=O) groups is 5. The molecule has 2 aliphatic heterocycles. The Balaban J connectivity index is 1.22. The summed E-state index contributed by atoms with van der Waals surface area (Å²) in [7, 11) is 0. The number of fused-ring (bicyclic) bond motifs is 1. The quantitative estimate of drug-likeness (QED) is 0.136. The first kappa shape index (κ1) is 31.1. The van der Waals surface area contributed by atoms with E-state index in [9.17, 15) is 24.0 Å². The number of hydrogen-bond donors (Lipinski definition) is 3. The minimum atomic E-state index is -1.01. The molecule has 220 valence electrons. The molecule has 5 amide bonds. The Bertz CT molecular complexity index is 1050. The second kappa shape index (κ2) is 16.6. The Hall–Kier alpha value is -3.43. The fourth-order valence-electron chi connectivity index (χ4n) is 4.07. The third-order valence-electron chi connectivity index (χ3n) is 6.01. The van der Waals surface area contributed by atoms with Gasteiger partial charge in [-0.2, -0.15) is 0 Å². The second-order valence-corrected chi connectivity index (χ2v) is 8.88. The van der Waals surface area contributed by atoms with Crippen molar-refractivity contribution < 1.29 is 47.7 Å². The van der Waals surface area contributed by atoms with Crippen LogP contribution in [0.1, 0.15) is 40.0 Å². The molecule has 2 heterocycles. The van der Waals surface area contributed by atoms with Gasteiger partial charge in [0.15, 0.2) is 0 Å². The minimum Gasteiger partial charge on any atom is -0.382 e. The third kappa shape index (κ3) is 9.34. The Morgan fingerprint density at radius 2 is 1.43 bits per heavy atom. The van der Waals surface area contributed by atoms with Crippen LogP contribution < -0.4 is 16.4 Å². The summed E-state index contributed by atoms with van der Waals surface area (Å²) in [6.07, 6.45) is 0.365. The van der Waals surface area contributed by atoms with E-state index in [1.807, 2.05) is 0 Å². The van der Waals surface area contributed by atoms with Crippen LogP contribution in [0.5, 0.6) is 0 Å². The molecule has 0 bridgehead atoms. The van der Waals surface area contributed by atoms with Crippen molar-refractivity contribution in [3.05, 3.63) is 29.3 Å². The van der Waals surface area contributed by atoms with Gasteiger partial charge in [-0.25, -0.2) is 0 Å². The lowest BCUT2D eigenvalue weighted by atomic mass is 10.0. The van der Waals surface area contributed by atoms with Gasteiger partial charge in [0.25, 0.3) is 11.8 Å². The second-order valence-electron chi connectivity index (χ2n) is 8.88. The van der Waals surface area contributed by atoms with Gasteiger partial charge in [0.1, 0.15) is 6.04 Å². The van der Waals surface area contributed by atoms with E-state index in [1.54, 1.807) is 18.2 Å². The number of imide groups is 2. The van der Waals surface area contributed by atoms with Crippen molar-refractivity contribution in [2.45, 2.75) is 25.3 Å². The highest BCUT2D eigenvalue weighted by molar-refractivity contribution is 6.25. The fraction of sp³-hybridized carbons (Fsp3) is 0.577. The van der Waals surface area contributed by atoms with Gasteiger partial charge in [-0.3, -0.25) is 34.2 Å². The lowest BCUT2D eigenvalue weighted by Gasteiger charge is -2.27. The summed E-state index contributed by atoms with van der Waals surface area (Å²) in [5.41, 5.74) is 5.91. The normalized spacial score (nSPS) is 16.8. The topological polar surface area (TPSA) is 185 Å². The number of nitrogens with one attached hydrogen (secondary N) is 2. The maximum atomic E-state index is 13.1. The number of benzene rings is 1. The predicted octanol–water partition coefficient (Wildman–Crippen LogP) is -0.542. The number of carbonyl (C=O) groups excluding carboxylic acids is 5. The van der Waals surface area contributed by atoms with Crippen LogP contribution in [0.4, 0.5) is 5.69 Å². The van der Waals surface area contributed by atoms with E-state index >= 15 is 0 Å². The Labute approximate surface area is 231 Å². The molecule has 14 heteroatoms. The van der Waals surface area contributed by atoms with E-state index in [0.29, 0.717) is 71.7 Å². The summed E-state index contributed by atoms with van der Waals surface area (Å²) in [5, 5.41) is 5.30. The van der Waals surface area contributed by atoms with E-state index in [2.05, 4.69) is 10.6 Å². The van der Waals surface area contributed by atoms with Gasteiger partial charge in [-0.05, 0) is 18.6 Å². The summed E-state index contributed by atoms with van der Waals surface area (Å²) in [5.74, 6) is -2.57. The van der Waals surface area contributed by atoms with E-state index in [-0.39, 0.29) is 37.0 Å². The molecular formula is C26H36N4O10. The van der Waals surface area contributed by atoms with Gasteiger partial charge >= 0.3 is 0 Å². The molecule has 1 fully saturated rings. The van der Waals surface area contributed by atoms with Crippen LogP contribution in [0.25, 0.3) is 0 Å². The minimum absolute atomic E-state index is 0.0663. The number of rotatable bonds is 20. The standard InChI is InChI=1S/C26H36N4O10/c27-21(31)6-8-36-10-12-38-14-16-40-17-15-39-13-11-37-9-7-28-19-3-1-2-18-23(19)26(35)30(25(18)34)20-4-5-22(32)29-24(20)33/h1-3,20,28H,4-17H2,(H2,27,31)(H,29,32,33). The van der Waals surface area contributed by atoms with Crippen LogP contribution in [0.2, 0.25) is 0 Å². The first-order valence-corrected chi connectivity index (χ1v) is 13.2. The number of nitrogens with zero attached hydrogens (tertiary/aromatic N) is 1. The highest BCUT2D eigenvalue weighted by Crippen LogP contribution is 2.32. The lowest BCUT2D eigenvalue weighted by molar-refractivity contribution is -0.136. The zero-order valence-electron chi connectivity index (χ0n) is 22.3. The Morgan fingerprint density at radius 1 is 0.850 bits per heavy atom. The molecule has 14 nitrogen and oxygen atoms in total. The Kier molecular flexibility index (Phi) is 12.9.